The van der Waals surface area contributed by atoms with E-state index in [-0.39, 0.29) is 15.8 Å². The Morgan fingerprint density at radius 1 is 0.276 bits per heavy atom. The third-order valence-corrected chi connectivity index (χ3v) is 11.2. The van der Waals surface area contributed by atoms with E-state index in [0.717, 1.165) is 51.4 Å². The summed E-state index contributed by atoms with van der Waals surface area (Å²) in [4.78, 5) is 0. The highest BCUT2D eigenvalue weighted by Crippen LogP contribution is 2.43. The van der Waals surface area contributed by atoms with Gasteiger partial charge in [0.2, 0.25) is 0 Å². The molecule has 0 aliphatic rings. The molecule has 0 unspecified atom stereocenters. The smallest absolute Gasteiger partial charge is 0.0431 e. The summed E-state index contributed by atoms with van der Waals surface area (Å²) in [6, 6.07) is 0. The Bertz CT molecular complexity index is 257. The van der Waals surface area contributed by atoms with Crippen molar-refractivity contribution in [3.05, 3.63) is 0 Å². The van der Waals surface area contributed by atoms with E-state index < -0.39 is 0 Å². The van der Waals surface area contributed by atoms with Crippen molar-refractivity contribution in [3.63, 3.8) is 0 Å². The van der Waals surface area contributed by atoms with Crippen LogP contribution in [0.2, 0.25) is 0 Å². The fourth-order valence-corrected chi connectivity index (χ4v) is 9.17. The second kappa shape index (κ2) is 25.0. The number of hydrogen-bond donors (Lipinski definition) is 4. The first-order valence-corrected chi connectivity index (χ1v) is 16.0. The number of rotatable bonds is 24. The molecule has 4 nitrogen and oxygen atoms in total. The minimum Gasteiger partial charge on any atom is -0.396 e. The Morgan fingerprint density at radius 3 is 0.759 bits per heavy atom. The van der Waals surface area contributed by atoms with Crippen molar-refractivity contribution in [2.75, 3.05) is 63.4 Å². The van der Waals surface area contributed by atoms with Crippen LogP contribution < -0.4 is 0 Å². The molecule has 0 aromatic rings. The maximum Gasteiger partial charge on any atom is 0.0431 e. The molecule has 0 fully saturated rings. The van der Waals surface area contributed by atoms with E-state index in [2.05, 4.69) is 0 Å². The quantitative estimate of drug-likeness (QED) is 0.123. The summed E-state index contributed by atoms with van der Waals surface area (Å²) in [7, 11) is 0.238. The normalized spacial score (nSPS) is 11.8. The van der Waals surface area contributed by atoms with Crippen LogP contribution in [-0.4, -0.2) is 83.8 Å². The molecule has 0 radical (unpaired) electrons. The number of aliphatic hydroxyl groups excluding tert-OH is 4. The molecule has 6 heteroatoms. The van der Waals surface area contributed by atoms with Crippen molar-refractivity contribution in [1.29, 1.82) is 0 Å². The lowest BCUT2D eigenvalue weighted by atomic mass is 10.3. The zero-order valence-corrected chi connectivity index (χ0v) is 20.7. The Balaban J connectivity index is 4.25. The van der Waals surface area contributed by atoms with Crippen LogP contribution in [0.1, 0.15) is 83.5 Å². The van der Waals surface area contributed by atoms with Crippen LogP contribution in [0.4, 0.5) is 0 Å². The largest absolute Gasteiger partial charge is 0.396 e. The lowest BCUT2D eigenvalue weighted by Gasteiger charge is -2.21. The van der Waals surface area contributed by atoms with Gasteiger partial charge in [-0.2, -0.15) is 0 Å². The number of hydrogen-bond acceptors (Lipinski definition) is 4. The van der Waals surface area contributed by atoms with Crippen molar-refractivity contribution in [2.24, 2.45) is 0 Å². The van der Waals surface area contributed by atoms with Gasteiger partial charge in [-0.3, -0.25) is 0 Å². The number of unbranched alkanes of at least 4 members (excludes halogenated alkanes) is 8. The first-order valence-electron chi connectivity index (χ1n) is 12.2. The highest BCUT2D eigenvalue weighted by atomic mass is 31.1. The molecule has 0 rings (SSSR count). The monoisotopic (exact) mass is 452 g/mol. The minimum atomic E-state index is 0.119. The summed E-state index contributed by atoms with van der Waals surface area (Å²) in [6.07, 6.45) is 23.1. The van der Waals surface area contributed by atoms with Gasteiger partial charge in [-0.05, 0) is 94.8 Å². The second-order valence-electron chi connectivity index (χ2n) is 8.17. The zero-order valence-electron chi connectivity index (χ0n) is 18.9. The third-order valence-electron chi connectivity index (χ3n) is 5.48. The van der Waals surface area contributed by atoms with E-state index in [1.165, 1.54) is 69.1 Å². The second-order valence-corrected chi connectivity index (χ2v) is 13.5. The zero-order chi connectivity index (χ0) is 21.4. The molecule has 0 saturated carbocycles. The molecule has 0 aliphatic carbocycles. The Kier molecular flexibility index (Phi) is 25.6. The highest BCUT2D eigenvalue weighted by Gasteiger charge is 2.12. The van der Waals surface area contributed by atoms with E-state index in [9.17, 15) is 0 Å². The third kappa shape index (κ3) is 21.7. The molecule has 0 amide bonds. The molecule has 0 saturated heterocycles. The minimum absolute atomic E-state index is 0.119. The molecule has 0 bridgehead atoms. The summed E-state index contributed by atoms with van der Waals surface area (Å²) in [5.41, 5.74) is 0. The predicted molar refractivity (Wildman–Crippen MR) is 131 cm³/mol. The average molecular weight is 453 g/mol. The summed E-state index contributed by atoms with van der Waals surface area (Å²) in [5, 5.41) is 36.0. The van der Waals surface area contributed by atoms with Crippen LogP contribution in [0.25, 0.3) is 0 Å². The molecular weight excluding hydrogens is 402 g/mol. The molecule has 0 aromatic heterocycles. The topological polar surface area (TPSA) is 80.9 Å². The molecule has 176 valence electrons. The Hall–Kier alpha value is 0.700. The van der Waals surface area contributed by atoms with E-state index in [4.69, 9.17) is 20.4 Å². The van der Waals surface area contributed by atoms with Gasteiger partial charge in [0.25, 0.3) is 0 Å². The Morgan fingerprint density at radius 2 is 0.517 bits per heavy atom. The van der Waals surface area contributed by atoms with Crippen LogP contribution in [0.15, 0.2) is 0 Å². The van der Waals surface area contributed by atoms with Crippen LogP contribution >= 0.6 is 15.8 Å². The molecule has 0 atom stereocenters. The van der Waals surface area contributed by atoms with Crippen molar-refractivity contribution >= 4 is 15.8 Å². The first-order chi connectivity index (χ1) is 14.3. The van der Waals surface area contributed by atoms with Gasteiger partial charge < -0.3 is 20.4 Å². The van der Waals surface area contributed by atoms with E-state index in [1.54, 1.807) is 0 Å². The lowest BCUT2D eigenvalue weighted by Crippen LogP contribution is -2.02. The van der Waals surface area contributed by atoms with Crippen LogP contribution in [0.5, 0.6) is 0 Å². The predicted octanol–water partition coefficient (Wildman–Crippen LogP) is 4.99. The van der Waals surface area contributed by atoms with Gasteiger partial charge in [-0.1, -0.05) is 25.7 Å². The Labute approximate surface area is 183 Å². The van der Waals surface area contributed by atoms with E-state index in [0.29, 0.717) is 26.4 Å². The molecule has 29 heavy (non-hydrogen) atoms. The first kappa shape index (κ1) is 29.7. The summed E-state index contributed by atoms with van der Waals surface area (Å²) < 4.78 is 0. The van der Waals surface area contributed by atoms with E-state index in [1.807, 2.05) is 0 Å². The van der Waals surface area contributed by atoms with Crippen molar-refractivity contribution in [2.45, 2.75) is 83.5 Å². The number of aliphatic hydroxyl groups is 4. The molecule has 0 spiro atoms. The van der Waals surface area contributed by atoms with Gasteiger partial charge >= 0.3 is 0 Å². The summed E-state index contributed by atoms with van der Waals surface area (Å²) >= 11 is 0. The maximum absolute atomic E-state index is 9.00. The molecule has 4 N–H and O–H groups in total. The van der Waals surface area contributed by atoms with Crippen molar-refractivity contribution in [1.82, 2.24) is 0 Å². The standard InChI is InChI=1S/C23H50O4P2/c24-14-5-1-9-18-28(19-10-2-6-15-25)22-13-23-29(20-11-3-7-16-26)21-12-4-8-17-27/h24-27H,1-23H2. The SMILES string of the molecule is OCCCCCP(CCCCCO)CCCP(CCCCCO)CCCCCO. The molecule has 0 aromatic carbocycles. The van der Waals surface area contributed by atoms with Crippen LogP contribution in [0.3, 0.4) is 0 Å². The van der Waals surface area contributed by atoms with Gasteiger partial charge in [0, 0.05) is 26.4 Å². The average Bonchev–Trinajstić information content (AvgIpc) is 2.73. The molecule has 0 heterocycles. The van der Waals surface area contributed by atoms with Gasteiger partial charge in [0.05, 0.1) is 0 Å². The fourth-order valence-electron chi connectivity index (χ4n) is 3.68. The van der Waals surface area contributed by atoms with E-state index >= 15 is 0 Å². The van der Waals surface area contributed by atoms with Crippen LogP contribution in [-0.2, 0) is 0 Å². The molecular formula is C23H50O4P2. The van der Waals surface area contributed by atoms with Crippen molar-refractivity contribution in [3.8, 4) is 0 Å². The van der Waals surface area contributed by atoms with Gasteiger partial charge in [0.1, 0.15) is 0 Å². The fraction of sp³-hybridized carbons (Fsp3) is 1.00. The highest BCUT2D eigenvalue weighted by molar-refractivity contribution is 7.58. The lowest BCUT2D eigenvalue weighted by molar-refractivity contribution is 0.283. The molecule has 0 aliphatic heterocycles. The van der Waals surface area contributed by atoms with Crippen LogP contribution in [0, 0.1) is 0 Å². The van der Waals surface area contributed by atoms with Gasteiger partial charge in [-0.25, -0.2) is 0 Å². The van der Waals surface area contributed by atoms with Gasteiger partial charge in [-0.15, -0.1) is 15.8 Å². The maximum atomic E-state index is 9.00. The van der Waals surface area contributed by atoms with Crippen molar-refractivity contribution < 1.29 is 20.4 Å². The summed E-state index contributed by atoms with van der Waals surface area (Å²) in [6.45, 7) is 1.30. The summed E-state index contributed by atoms with van der Waals surface area (Å²) in [5.74, 6) is 0. The van der Waals surface area contributed by atoms with Gasteiger partial charge in [0.15, 0.2) is 0 Å².